The van der Waals surface area contributed by atoms with Gasteiger partial charge in [-0.1, -0.05) is 30.3 Å². The van der Waals surface area contributed by atoms with Gasteiger partial charge in [-0.05, 0) is 21.0 Å². The van der Waals surface area contributed by atoms with Gasteiger partial charge < -0.3 is 4.74 Å². The standard InChI is InChI=1S/C12H16NO2/c1-10(14)9-15-12(13(2)3)11-7-5-4-6-8-11/h4-8H,9H2,1-3H3. The first kappa shape index (κ1) is 11.9. The summed E-state index contributed by atoms with van der Waals surface area (Å²) in [6.45, 7) is 1.63. The lowest BCUT2D eigenvalue weighted by Gasteiger charge is -2.22. The summed E-state index contributed by atoms with van der Waals surface area (Å²) in [6.07, 6.45) is 0.714. The van der Waals surface area contributed by atoms with Crippen molar-refractivity contribution in [3.8, 4) is 0 Å². The first-order chi connectivity index (χ1) is 7.11. The number of carbonyl (C=O) groups excluding carboxylic acids is 1. The Morgan fingerprint density at radius 3 is 2.33 bits per heavy atom. The molecule has 0 saturated carbocycles. The lowest BCUT2D eigenvalue weighted by Crippen LogP contribution is -2.25. The molecular formula is C12H16NO2. The van der Waals surface area contributed by atoms with Gasteiger partial charge in [-0.25, -0.2) is 0 Å². The van der Waals surface area contributed by atoms with Crippen LogP contribution in [-0.2, 0) is 9.53 Å². The van der Waals surface area contributed by atoms with Crippen LogP contribution in [0.4, 0.5) is 0 Å². The van der Waals surface area contributed by atoms with Crippen LogP contribution in [0.5, 0.6) is 0 Å². The van der Waals surface area contributed by atoms with Crippen LogP contribution >= 0.6 is 0 Å². The molecule has 0 aliphatic rings. The first-order valence-corrected chi connectivity index (χ1v) is 4.83. The second kappa shape index (κ2) is 5.63. The predicted octanol–water partition coefficient (Wildman–Crippen LogP) is 1.69. The minimum absolute atomic E-state index is 0.0188. The normalized spacial score (nSPS) is 11.0. The van der Waals surface area contributed by atoms with E-state index in [0.717, 1.165) is 5.56 Å². The summed E-state index contributed by atoms with van der Waals surface area (Å²) in [5.74, 6) is 0.0188. The first-order valence-electron chi connectivity index (χ1n) is 4.83. The van der Waals surface area contributed by atoms with Gasteiger partial charge in [-0.2, -0.15) is 0 Å². The summed E-state index contributed by atoms with van der Waals surface area (Å²) in [6, 6.07) is 9.73. The highest BCUT2D eigenvalue weighted by Gasteiger charge is 2.16. The Morgan fingerprint density at radius 1 is 1.27 bits per heavy atom. The molecule has 1 radical (unpaired) electrons. The highest BCUT2D eigenvalue weighted by atomic mass is 16.5. The second-order valence-electron chi connectivity index (χ2n) is 3.56. The van der Waals surface area contributed by atoms with Crippen molar-refractivity contribution in [3.05, 3.63) is 42.1 Å². The van der Waals surface area contributed by atoms with Crippen LogP contribution in [0, 0.1) is 6.23 Å². The second-order valence-corrected chi connectivity index (χ2v) is 3.56. The van der Waals surface area contributed by atoms with Gasteiger partial charge in [0.05, 0.1) is 0 Å². The van der Waals surface area contributed by atoms with E-state index in [1.807, 2.05) is 49.3 Å². The molecule has 3 nitrogen and oxygen atoms in total. The van der Waals surface area contributed by atoms with Crippen molar-refractivity contribution < 1.29 is 9.53 Å². The number of rotatable bonds is 5. The number of ether oxygens (including phenoxy) is 1. The van der Waals surface area contributed by atoms with Gasteiger partial charge in [-0.15, -0.1) is 0 Å². The Morgan fingerprint density at radius 2 is 1.87 bits per heavy atom. The van der Waals surface area contributed by atoms with E-state index in [-0.39, 0.29) is 12.4 Å². The lowest BCUT2D eigenvalue weighted by atomic mass is 10.2. The van der Waals surface area contributed by atoms with Crippen LogP contribution < -0.4 is 0 Å². The maximum atomic E-state index is 10.8. The summed E-state index contributed by atoms with van der Waals surface area (Å²) in [4.78, 5) is 12.7. The van der Waals surface area contributed by atoms with E-state index in [9.17, 15) is 4.79 Å². The van der Waals surface area contributed by atoms with Crippen molar-refractivity contribution in [1.82, 2.24) is 4.90 Å². The van der Waals surface area contributed by atoms with Crippen molar-refractivity contribution in [3.63, 3.8) is 0 Å². The molecule has 81 valence electrons. The monoisotopic (exact) mass is 206 g/mol. The van der Waals surface area contributed by atoms with Gasteiger partial charge in [0.25, 0.3) is 0 Å². The largest absolute Gasteiger partial charge is 0.343 e. The van der Waals surface area contributed by atoms with Crippen molar-refractivity contribution in [2.24, 2.45) is 0 Å². The highest BCUT2D eigenvalue weighted by Crippen LogP contribution is 2.17. The van der Waals surface area contributed by atoms with Gasteiger partial charge in [0.1, 0.15) is 6.61 Å². The van der Waals surface area contributed by atoms with E-state index >= 15 is 0 Å². The molecule has 0 amide bonds. The summed E-state index contributed by atoms with van der Waals surface area (Å²) < 4.78 is 5.44. The number of hydrogen-bond donors (Lipinski definition) is 0. The quantitative estimate of drug-likeness (QED) is 0.734. The average molecular weight is 206 g/mol. The lowest BCUT2D eigenvalue weighted by molar-refractivity contribution is -0.121. The molecule has 0 aliphatic heterocycles. The zero-order chi connectivity index (χ0) is 11.3. The topological polar surface area (TPSA) is 29.5 Å². The van der Waals surface area contributed by atoms with Crippen LogP contribution in [0.15, 0.2) is 30.3 Å². The molecule has 15 heavy (non-hydrogen) atoms. The number of carbonyl (C=O) groups is 1. The number of benzene rings is 1. The summed E-state index contributed by atoms with van der Waals surface area (Å²) in [7, 11) is 3.78. The molecule has 1 aromatic rings. The fraction of sp³-hybridized carbons (Fsp3) is 0.333. The molecular weight excluding hydrogens is 190 g/mol. The van der Waals surface area contributed by atoms with Crippen LogP contribution in [0.3, 0.4) is 0 Å². The smallest absolute Gasteiger partial charge is 0.195 e. The van der Waals surface area contributed by atoms with Crippen LogP contribution in [-0.4, -0.2) is 31.4 Å². The summed E-state index contributed by atoms with van der Waals surface area (Å²) in [5, 5.41) is 0. The van der Waals surface area contributed by atoms with Gasteiger partial charge in [0.15, 0.2) is 12.0 Å². The Balaban J connectivity index is 2.70. The maximum Gasteiger partial charge on any atom is 0.195 e. The fourth-order valence-corrected chi connectivity index (χ4v) is 1.22. The van der Waals surface area contributed by atoms with E-state index in [1.165, 1.54) is 6.92 Å². The molecule has 0 saturated heterocycles. The van der Waals surface area contributed by atoms with Crippen molar-refractivity contribution in [1.29, 1.82) is 0 Å². The molecule has 0 aromatic heterocycles. The number of hydrogen-bond acceptors (Lipinski definition) is 3. The van der Waals surface area contributed by atoms with E-state index in [1.54, 1.807) is 0 Å². The van der Waals surface area contributed by atoms with E-state index in [0.29, 0.717) is 6.23 Å². The minimum atomic E-state index is 0.0188. The third-order valence-corrected chi connectivity index (χ3v) is 1.84. The number of Topliss-reactive ketones (excluding diaryl/α,β-unsaturated/α-hetero) is 1. The average Bonchev–Trinajstić information content (AvgIpc) is 2.18. The highest BCUT2D eigenvalue weighted by molar-refractivity contribution is 5.76. The van der Waals surface area contributed by atoms with Crippen LogP contribution in [0.2, 0.25) is 0 Å². The maximum absolute atomic E-state index is 10.8. The zero-order valence-corrected chi connectivity index (χ0v) is 9.36. The van der Waals surface area contributed by atoms with Crippen molar-refractivity contribution >= 4 is 5.78 Å². The molecule has 0 N–H and O–H groups in total. The molecule has 0 aliphatic carbocycles. The zero-order valence-electron chi connectivity index (χ0n) is 9.36. The van der Waals surface area contributed by atoms with Crippen LogP contribution in [0.25, 0.3) is 0 Å². The van der Waals surface area contributed by atoms with Gasteiger partial charge in [0.2, 0.25) is 0 Å². The van der Waals surface area contributed by atoms with Crippen molar-refractivity contribution in [2.75, 3.05) is 20.7 Å². The third kappa shape index (κ3) is 3.81. The molecule has 0 fully saturated rings. The van der Waals surface area contributed by atoms with Gasteiger partial charge in [0, 0.05) is 5.56 Å². The van der Waals surface area contributed by atoms with E-state index in [4.69, 9.17) is 4.74 Å². The van der Waals surface area contributed by atoms with Gasteiger partial charge in [-0.3, -0.25) is 9.69 Å². The molecule has 1 rings (SSSR count). The Hall–Kier alpha value is -1.19. The minimum Gasteiger partial charge on any atom is -0.343 e. The molecule has 0 atom stereocenters. The van der Waals surface area contributed by atoms with E-state index in [2.05, 4.69) is 0 Å². The summed E-state index contributed by atoms with van der Waals surface area (Å²) in [5.41, 5.74) is 0.976. The molecule has 3 heteroatoms. The summed E-state index contributed by atoms with van der Waals surface area (Å²) >= 11 is 0. The predicted molar refractivity (Wildman–Crippen MR) is 59.1 cm³/mol. The van der Waals surface area contributed by atoms with Gasteiger partial charge >= 0.3 is 0 Å². The Labute approximate surface area is 90.7 Å². The molecule has 0 unspecified atom stereocenters. The van der Waals surface area contributed by atoms with E-state index < -0.39 is 0 Å². The van der Waals surface area contributed by atoms with Crippen LogP contribution in [0.1, 0.15) is 12.5 Å². The molecule has 1 aromatic carbocycles. The molecule has 0 spiro atoms. The van der Waals surface area contributed by atoms with Crippen molar-refractivity contribution in [2.45, 2.75) is 6.92 Å². The third-order valence-electron chi connectivity index (χ3n) is 1.84. The SMILES string of the molecule is CC(=O)CO[C](c1ccccc1)N(C)C. The molecule has 0 heterocycles. The Bertz CT molecular complexity index is 309. The fourth-order valence-electron chi connectivity index (χ4n) is 1.22. The number of ketones is 1. The number of nitrogens with zero attached hydrogens (tertiary/aromatic N) is 1. The molecule has 0 bridgehead atoms. The Kier molecular flexibility index (Phi) is 4.46.